The van der Waals surface area contributed by atoms with Gasteiger partial charge in [-0.3, -0.25) is 4.79 Å². The number of carbonyl (C=O) groups is 1. The van der Waals surface area contributed by atoms with E-state index in [1.807, 2.05) is 0 Å². The quantitative estimate of drug-likeness (QED) is 0.849. The van der Waals surface area contributed by atoms with Gasteiger partial charge in [0.05, 0.1) is 10.5 Å². The highest BCUT2D eigenvalue weighted by Crippen LogP contribution is 2.16. The second-order valence-corrected chi connectivity index (χ2v) is 5.13. The molecule has 2 radical (unpaired) electrons. The molecule has 15 heavy (non-hydrogen) atoms. The number of thiophene rings is 1. The molecule has 1 rings (SSSR count). The lowest BCUT2D eigenvalue weighted by molar-refractivity contribution is 0.0370. The lowest BCUT2D eigenvalue weighted by Crippen LogP contribution is -2.39. The largest absolute Gasteiger partial charge is 0.389 e. The van der Waals surface area contributed by atoms with Crippen molar-refractivity contribution in [2.45, 2.75) is 19.4 Å². The summed E-state index contributed by atoms with van der Waals surface area (Å²) in [5.41, 5.74) is -0.285. The van der Waals surface area contributed by atoms with Gasteiger partial charge in [0, 0.05) is 13.6 Å². The number of hydrogen-bond donors (Lipinski definition) is 1. The number of amides is 1. The predicted octanol–water partition coefficient (Wildman–Crippen LogP) is 1.65. The summed E-state index contributed by atoms with van der Waals surface area (Å²) >= 11 is 1.31. The van der Waals surface area contributed by atoms with Gasteiger partial charge in [-0.25, -0.2) is 0 Å². The van der Waals surface area contributed by atoms with E-state index in [0.717, 1.165) is 0 Å². The molecule has 0 aliphatic carbocycles. The summed E-state index contributed by atoms with van der Waals surface area (Å²) in [4.78, 5) is 13.9. The maximum absolute atomic E-state index is 11.8. The Bertz CT molecular complexity index is 352. The molecule has 0 aliphatic heterocycles. The van der Waals surface area contributed by atoms with E-state index < -0.39 is 5.60 Å². The van der Waals surface area contributed by atoms with Crippen LogP contribution in [0.25, 0.3) is 0 Å². The second-order valence-electron chi connectivity index (χ2n) is 4.22. The molecule has 1 aromatic rings. The van der Waals surface area contributed by atoms with Crippen LogP contribution in [-0.4, -0.2) is 35.1 Å². The van der Waals surface area contributed by atoms with Crippen LogP contribution in [0.1, 0.15) is 29.1 Å². The van der Waals surface area contributed by atoms with E-state index in [9.17, 15) is 9.90 Å². The van der Waals surface area contributed by atoms with E-state index in [0.29, 0.717) is 17.0 Å². The van der Waals surface area contributed by atoms with Gasteiger partial charge >= 0.3 is 0 Å². The van der Waals surface area contributed by atoms with E-state index in [4.69, 9.17) is 6.92 Å². The molecular formula is C11H15NO2S. The Morgan fingerprint density at radius 2 is 2.27 bits per heavy atom. The van der Waals surface area contributed by atoms with Gasteiger partial charge in [0.15, 0.2) is 0 Å². The first-order valence-corrected chi connectivity index (χ1v) is 5.49. The molecule has 0 fully saturated rings. The number of carbonyl (C=O) groups excluding carboxylic acids is 1. The van der Waals surface area contributed by atoms with Crippen LogP contribution in [0.4, 0.5) is 0 Å². The predicted molar refractivity (Wildman–Crippen MR) is 61.0 cm³/mol. The van der Waals surface area contributed by atoms with E-state index in [-0.39, 0.29) is 5.91 Å². The van der Waals surface area contributed by atoms with Crippen LogP contribution in [0.3, 0.4) is 0 Å². The van der Waals surface area contributed by atoms with Crippen molar-refractivity contribution in [3.63, 3.8) is 0 Å². The first-order valence-electron chi connectivity index (χ1n) is 4.61. The smallest absolute Gasteiger partial charge is 0.263 e. The van der Waals surface area contributed by atoms with Gasteiger partial charge in [0.25, 0.3) is 5.91 Å². The SMILES string of the molecule is [CH]c1csc(C(=O)N(C)CC(C)(C)O)c1. The van der Waals surface area contributed by atoms with Crippen LogP contribution in [0.2, 0.25) is 0 Å². The highest BCUT2D eigenvalue weighted by Gasteiger charge is 2.20. The van der Waals surface area contributed by atoms with Crippen LogP contribution in [0.5, 0.6) is 0 Å². The summed E-state index contributed by atoms with van der Waals surface area (Å²) in [5.74, 6) is -0.112. The van der Waals surface area contributed by atoms with Gasteiger partial charge in [-0.2, -0.15) is 0 Å². The molecule has 82 valence electrons. The molecule has 0 atom stereocenters. The molecule has 1 aromatic heterocycles. The van der Waals surface area contributed by atoms with Crippen LogP contribution in [-0.2, 0) is 0 Å². The minimum Gasteiger partial charge on any atom is -0.389 e. The van der Waals surface area contributed by atoms with Crippen molar-refractivity contribution in [2.24, 2.45) is 0 Å². The Hall–Kier alpha value is -0.870. The third-order valence-electron chi connectivity index (χ3n) is 1.80. The fraction of sp³-hybridized carbons (Fsp3) is 0.455. The maximum atomic E-state index is 11.8. The van der Waals surface area contributed by atoms with Crippen LogP contribution < -0.4 is 0 Å². The summed E-state index contributed by atoms with van der Waals surface area (Å²) in [6.45, 7) is 9.16. The number of nitrogens with zero attached hydrogens (tertiary/aromatic N) is 1. The Kier molecular flexibility index (Phi) is 3.52. The molecule has 3 nitrogen and oxygen atoms in total. The zero-order valence-corrected chi connectivity index (χ0v) is 9.97. The molecule has 0 saturated carbocycles. The normalized spacial score (nSPS) is 11.5. The van der Waals surface area contributed by atoms with Crippen molar-refractivity contribution in [3.05, 3.63) is 28.8 Å². The van der Waals surface area contributed by atoms with Gasteiger partial charge in [-0.05, 0) is 37.8 Å². The highest BCUT2D eigenvalue weighted by atomic mass is 32.1. The summed E-state index contributed by atoms with van der Waals surface area (Å²) < 4.78 is 0. The molecule has 0 spiro atoms. The van der Waals surface area contributed by atoms with E-state index in [2.05, 4.69) is 0 Å². The zero-order valence-electron chi connectivity index (χ0n) is 9.15. The second kappa shape index (κ2) is 4.33. The lowest BCUT2D eigenvalue weighted by Gasteiger charge is -2.25. The summed E-state index contributed by atoms with van der Waals surface area (Å²) in [6, 6.07) is 1.65. The molecular weight excluding hydrogens is 210 g/mol. The van der Waals surface area contributed by atoms with Crippen molar-refractivity contribution >= 4 is 17.2 Å². The van der Waals surface area contributed by atoms with Crippen molar-refractivity contribution in [2.75, 3.05) is 13.6 Å². The standard InChI is InChI=1S/C11H15NO2S/c1-8-5-9(15-6-8)10(13)12(4)7-11(2,3)14/h1,5-6,14H,7H2,2-4H3. The first kappa shape index (κ1) is 12.2. The first-order chi connectivity index (χ1) is 6.79. The maximum Gasteiger partial charge on any atom is 0.263 e. The van der Waals surface area contributed by atoms with E-state index in [1.54, 1.807) is 32.3 Å². The molecule has 1 N–H and O–H groups in total. The monoisotopic (exact) mass is 225 g/mol. The average Bonchev–Trinajstić information content (AvgIpc) is 2.47. The summed E-state index contributed by atoms with van der Waals surface area (Å²) in [7, 11) is 1.66. The minimum absolute atomic E-state index is 0.112. The fourth-order valence-corrected chi connectivity index (χ4v) is 2.10. The molecule has 0 bridgehead atoms. The van der Waals surface area contributed by atoms with Crippen molar-refractivity contribution < 1.29 is 9.90 Å². The molecule has 1 heterocycles. The van der Waals surface area contributed by atoms with Crippen molar-refractivity contribution in [3.8, 4) is 0 Å². The zero-order chi connectivity index (χ0) is 11.6. The van der Waals surface area contributed by atoms with Crippen LogP contribution >= 0.6 is 11.3 Å². The third-order valence-corrected chi connectivity index (χ3v) is 2.74. The average molecular weight is 225 g/mol. The van der Waals surface area contributed by atoms with Gasteiger partial charge in [0.2, 0.25) is 0 Å². The third kappa shape index (κ3) is 3.64. The molecule has 0 aromatic carbocycles. The van der Waals surface area contributed by atoms with Crippen molar-refractivity contribution in [1.82, 2.24) is 4.90 Å². The Morgan fingerprint density at radius 1 is 1.67 bits per heavy atom. The van der Waals surface area contributed by atoms with E-state index in [1.165, 1.54) is 16.2 Å². The van der Waals surface area contributed by atoms with Gasteiger partial charge in [-0.1, -0.05) is 0 Å². The molecule has 0 saturated heterocycles. The van der Waals surface area contributed by atoms with Gasteiger partial charge < -0.3 is 10.0 Å². The molecule has 4 heteroatoms. The van der Waals surface area contributed by atoms with Crippen LogP contribution in [0, 0.1) is 6.92 Å². The number of likely N-dealkylation sites (N-methyl/N-ethyl adjacent to an activating group) is 1. The molecule has 0 unspecified atom stereocenters. The minimum atomic E-state index is -0.882. The Labute approximate surface area is 94.3 Å². The van der Waals surface area contributed by atoms with Gasteiger partial charge in [0.1, 0.15) is 0 Å². The number of rotatable bonds is 3. The topological polar surface area (TPSA) is 40.5 Å². The Balaban J connectivity index is 2.69. The summed E-state index contributed by atoms with van der Waals surface area (Å²) in [6.07, 6.45) is 0. The van der Waals surface area contributed by atoms with Crippen molar-refractivity contribution in [1.29, 1.82) is 0 Å². The fourth-order valence-electron chi connectivity index (χ4n) is 1.30. The molecule has 1 amide bonds. The number of hydrogen-bond acceptors (Lipinski definition) is 3. The number of aliphatic hydroxyl groups is 1. The summed E-state index contributed by atoms with van der Waals surface area (Å²) in [5, 5.41) is 11.3. The van der Waals surface area contributed by atoms with E-state index >= 15 is 0 Å². The van der Waals surface area contributed by atoms with Crippen LogP contribution in [0.15, 0.2) is 11.4 Å². The van der Waals surface area contributed by atoms with Gasteiger partial charge in [-0.15, -0.1) is 11.3 Å². The molecule has 0 aliphatic rings. The Morgan fingerprint density at radius 3 is 2.67 bits per heavy atom. The highest BCUT2D eigenvalue weighted by molar-refractivity contribution is 7.12. The lowest BCUT2D eigenvalue weighted by atomic mass is 10.1.